The summed E-state index contributed by atoms with van der Waals surface area (Å²) in [7, 11) is 0.735. The standard InChI is InChI=1S/C8H7Si/c1-3-7-5-6-8(4-2)9-7/h1-2,7H,5-6H2. The van der Waals surface area contributed by atoms with Crippen molar-refractivity contribution < 1.29 is 0 Å². The first kappa shape index (κ1) is 6.33. The molecule has 0 aliphatic carbocycles. The van der Waals surface area contributed by atoms with Gasteiger partial charge in [0.1, 0.15) is 0 Å². The maximum atomic E-state index is 5.23. The van der Waals surface area contributed by atoms with Crippen LogP contribution in [0.25, 0.3) is 0 Å². The van der Waals surface area contributed by atoms with Crippen molar-refractivity contribution in [3.63, 3.8) is 0 Å². The highest BCUT2D eigenvalue weighted by Gasteiger charge is 2.11. The largest absolute Gasteiger partial charge is 0.120 e. The molecule has 0 saturated heterocycles. The zero-order valence-electron chi connectivity index (χ0n) is 5.15. The van der Waals surface area contributed by atoms with Gasteiger partial charge in [0, 0.05) is 5.54 Å². The predicted octanol–water partition coefficient (Wildman–Crippen LogP) is 0.712. The van der Waals surface area contributed by atoms with Crippen molar-refractivity contribution in [2.45, 2.75) is 18.4 Å². The van der Waals surface area contributed by atoms with E-state index in [4.69, 9.17) is 12.8 Å². The smallest absolute Gasteiger partial charge is 0.0528 e. The van der Waals surface area contributed by atoms with Gasteiger partial charge in [0.2, 0.25) is 0 Å². The number of terminal acetylenes is 2. The third-order valence-corrected chi connectivity index (χ3v) is 2.95. The Balaban J connectivity index is 2.66. The molecule has 1 aliphatic rings. The van der Waals surface area contributed by atoms with E-state index in [2.05, 4.69) is 11.8 Å². The van der Waals surface area contributed by atoms with Gasteiger partial charge in [-0.2, -0.15) is 0 Å². The molecule has 1 unspecified atom stereocenters. The lowest BCUT2D eigenvalue weighted by atomic mass is 10.2. The van der Waals surface area contributed by atoms with Crippen molar-refractivity contribution in [2.75, 3.05) is 0 Å². The average Bonchev–Trinajstić information content (AvgIpc) is 2.34. The van der Waals surface area contributed by atoms with Crippen LogP contribution in [0, 0.1) is 24.7 Å². The van der Waals surface area contributed by atoms with Crippen LogP contribution in [0.5, 0.6) is 0 Å². The summed E-state index contributed by atoms with van der Waals surface area (Å²) in [5.41, 5.74) is 0.455. The molecule has 1 rings (SSSR count). The maximum absolute atomic E-state index is 5.23. The van der Waals surface area contributed by atoms with E-state index in [0.29, 0.717) is 5.54 Å². The van der Waals surface area contributed by atoms with Crippen LogP contribution in [-0.4, -0.2) is 14.3 Å². The first-order valence-electron chi connectivity index (χ1n) is 2.92. The van der Waals surface area contributed by atoms with Crippen LogP contribution in [0.1, 0.15) is 12.8 Å². The lowest BCUT2D eigenvalue weighted by Crippen LogP contribution is -1.91. The van der Waals surface area contributed by atoms with Crippen LogP contribution in [0.3, 0.4) is 0 Å². The molecule has 1 aliphatic heterocycles. The number of rotatable bonds is 0. The summed E-state index contributed by atoms with van der Waals surface area (Å²) < 4.78 is 0. The van der Waals surface area contributed by atoms with Gasteiger partial charge in [0.05, 0.1) is 9.13 Å². The summed E-state index contributed by atoms with van der Waals surface area (Å²) in [6.07, 6.45) is 12.6. The van der Waals surface area contributed by atoms with Gasteiger partial charge < -0.3 is 0 Å². The highest BCUT2D eigenvalue weighted by Crippen LogP contribution is 2.15. The van der Waals surface area contributed by atoms with Crippen LogP contribution in [0.4, 0.5) is 0 Å². The maximum Gasteiger partial charge on any atom is 0.0528 e. The topological polar surface area (TPSA) is 0 Å². The number of hydrogen-bond acceptors (Lipinski definition) is 0. The van der Waals surface area contributed by atoms with Crippen molar-refractivity contribution in [2.24, 2.45) is 0 Å². The number of hydrogen-bond donors (Lipinski definition) is 0. The molecular formula is C8H7Si. The summed E-state index contributed by atoms with van der Waals surface area (Å²) in [4.78, 5) is 0. The third-order valence-electron chi connectivity index (χ3n) is 1.41. The molecule has 0 fully saturated rings. The SMILES string of the molecule is C#CC1=[Si]C(C#C)CC1. The van der Waals surface area contributed by atoms with Gasteiger partial charge in [0.15, 0.2) is 0 Å². The molecule has 1 atom stereocenters. The van der Waals surface area contributed by atoms with E-state index in [9.17, 15) is 0 Å². The monoisotopic (exact) mass is 131 g/mol. The molecule has 0 N–H and O–H groups in total. The Kier molecular flexibility index (Phi) is 1.87. The fourth-order valence-electron chi connectivity index (χ4n) is 0.882. The summed E-state index contributed by atoms with van der Waals surface area (Å²) in [5, 5.41) is 1.22. The molecule has 0 aromatic carbocycles. The Morgan fingerprint density at radius 3 is 2.67 bits per heavy atom. The molecule has 0 amide bonds. The van der Waals surface area contributed by atoms with Crippen LogP contribution in [0.2, 0.25) is 5.54 Å². The van der Waals surface area contributed by atoms with E-state index in [-0.39, 0.29) is 0 Å². The van der Waals surface area contributed by atoms with Crippen molar-refractivity contribution in [3.05, 3.63) is 0 Å². The molecule has 0 spiro atoms. The van der Waals surface area contributed by atoms with E-state index < -0.39 is 0 Å². The molecule has 0 aromatic rings. The quantitative estimate of drug-likeness (QED) is 0.335. The molecular weight excluding hydrogens is 124 g/mol. The minimum Gasteiger partial charge on any atom is -0.120 e. The lowest BCUT2D eigenvalue weighted by molar-refractivity contribution is 0.938. The Morgan fingerprint density at radius 2 is 2.33 bits per heavy atom. The van der Waals surface area contributed by atoms with Crippen molar-refractivity contribution in [1.29, 1.82) is 0 Å². The molecule has 0 nitrogen and oxygen atoms in total. The molecule has 1 radical (unpaired) electrons. The molecule has 1 heteroatoms. The second kappa shape index (κ2) is 2.67. The summed E-state index contributed by atoms with van der Waals surface area (Å²) in [5.74, 6) is 5.39. The van der Waals surface area contributed by atoms with Crippen molar-refractivity contribution >= 4 is 14.3 Å². The minimum absolute atomic E-state index is 0.455. The fourth-order valence-corrected chi connectivity index (χ4v) is 2.05. The summed E-state index contributed by atoms with van der Waals surface area (Å²) >= 11 is 0. The second-order valence-corrected chi connectivity index (χ2v) is 3.61. The molecule has 43 valence electrons. The second-order valence-electron chi connectivity index (χ2n) is 2.03. The van der Waals surface area contributed by atoms with E-state index in [0.717, 1.165) is 22.0 Å². The highest BCUT2D eigenvalue weighted by atomic mass is 28.2. The van der Waals surface area contributed by atoms with Gasteiger partial charge in [-0.15, -0.1) is 18.8 Å². The van der Waals surface area contributed by atoms with E-state index in [1.807, 2.05) is 0 Å². The fraction of sp³-hybridized carbons (Fsp3) is 0.375. The van der Waals surface area contributed by atoms with Crippen LogP contribution in [-0.2, 0) is 0 Å². The van der Waals surface area contributed by atoms with Crippen LogP contribution < -0.4 is 0 Å². The third kappa shape index (κ3) is 1.31. The van der Waals surface area contributed by atoms with Crippen molar-refractivity contribution in [3.8, 4) is 24.7 Å². The van der Waals surface area contributed by atoms with Gasteiger partial charge in [-0.05, 0) is 18.0 Å². The summed E-state index contributed by atoms with van der Waals surface area (Å²) in [6.45, 7) is 0. The molecule has 0 bridgehead atoms. The van der Waals surface area contributed by atoms with Gasteiger partial charge in [-0.3, -0.25) is 0 Å². The summed E-state index contributed by atoms with van der Waals surface area (Å²) in [6, 6.07) is 0. The minimum atomic E-state index is 0.455. The molecule has 9 heavy (non-hydrogen) atoms. The first-order valence-corrected chi connectivity index (χ1v) is 3.99. The highest BCUT2D eigenvalue weighted by molar-refractivity contribution is 6.61. The predicted molar refractivity (Wildman–Crippen MR) is 41.4 cm³/mol. The van der Waals surface area contributed by atoms with E-state index in [1.165, 1.54) is 5.17 Å². The van der Waals surface area contributed by atoms with Crippen molar-refractivity contribution in [1.82, 2.24) is 0 Å². The van der Waals surface area contributed by atoms with Gasteiger partial charge in [-0.1, -0.05) is 5.92 Å². The Morgan fingerprint density at radius 1 is 1.56 bits per heavy atom. The van der Waals surface area contributed by atoms with E-state index in [1.54, 1.807) is 0 Å². The zero-order valence-corrected chi connectivity index (χ0v) is 6.15. The lowest BCUT2D eigenvalue weighted by Gasteiger charge is -1.88. The Hall–Kier alpha value is -0.793. The van der Waals surface area contributed by atoms with Crippen LogP contribution in [0.15, 0.2) is 0 Å². The van der Waals surface area contributed by atoms with Gasteiger partial charge in [-0.25, -0.2) is 0 Å². The molecule has 1 heterocycles. The normalized spacial score (nSPS) is 24.2. The average molecular weight is 131 g/mol. The van der Waals surface area contributed by atoms with Crippen LogP contribution >= 0.6 is 0 Å². The van der Waals surface area contributed by atoms with Gasteiger partial charge >= 0.3 is 0 Å². The zero-order chi connectivity index (χ0) is 6.69. The molecule has 0 aromatic heterocycles. The molecule has 0 saturated carbocycles. The van der Waals surface area contributed by atoms with E-state index >= 15 is 0 Å². The van der Waals surface area contributed by atoms with Gasteiger partial charge in [0.25, 0.3) is 0 Å². The Bertz CT molecular complexity index is 212. The Labute approximate surface area is 58.1 Å². The first-order chi connectivity index (χ1) is 4.36.